The number of aromatic nitrogens is 5. The predicted octanol–water partition coefficient (Wildman–Crippen LogP) is 3.31. The fourth-order valence-corrected chi connectivity index (χ4v) is 4.80. The van der Waals surface area contributed by atoms with E-state index in [9.17, 15) is 0 Å². The summed E-state index contributed by atoms with van der Waals surface area (Å²) in [5, 5.41) is 21.6. The third-order valence-electron chi connectivity index (χ3n) is 6.45. The summed E-state index contributed by atoms with van der Waals surface area (Å²) in [4.78, 5) is 0. The first-order chi connectivity index (χ1) is 15.2. The van der Waals surface area contributed by atoms with E-state index in [2.05, 4.69) is 56.6 Å². The van der Waals surface area contributed by atoms with Gasteiger partial charge < -0.3 is 10.3 Å². The Morgan fingerprint density at radius 2 is 1.90 bits per heavy atom. The molecule has 2 aliphatic rings. The van der Waals surface area contributed by atoms with Gasteiger partial charge in [0, 0.05) is 24.3 Å². The molecule has 1 aliphatic carbocycles. The lowest BCUT2D eigenvalue weighted by Gasteiger charge is -2.32. The van der Waals surface area contributed by atoms with E-state index in [0.29, 0.717) is 17.5 Å². The van der Waals surface area contributed by atoms with Crippen LogP contribution >= 0.6 is 0 Å². The standard InChI is InChI=1S/C24H21N7/c25-12-15-1-4-18(5-2-15)19-11-23-24-27-28-29-31(24)22-6-3-16(7-17-9-21(26)10-17)8-20(22)14-30(23)13-19/h1-6,8,11,13,17,21H,7,9-10,14,26H2. The van der Waals surface area contributed by atoms with Crippen molar-refractivity contribution in [3.63, 3.8) is 0 Å². The Balaban J connectivity index is 1.40. The highest BCUT2D eigenvalue weighted by atomic mass is 15.5. The van der Waals surface area contributed by atoms with Crippen LogP contribution in [0, 0.1) is 17.2 Å². The van der Waals surface area contributed by atoms with Crippen LogP contribution in [0.1, 0.15) is 29.5 Å². The molecule has 1 saturated carbocycles. The Morgan fingerprint density at radius 1 is 1.06 bits per heavy atom. The van der Waals surface area contributed by atoms with Crippen molar-refractivity contribution in [3.8, 4) is 34.4 Å². The zero-order chi connectivity index (χ0) is 20.9. The molecule has 2 aromatic heterocycles. The summed E-state index contributed by atoms with van der Waals surface area (Å²) in [5.74, 6) is 1.42. The number of tetrazole rings is 1. The second-order valence-electron chi connectivity index (χ2n) is 8.61. The molecule has 0 bridgehead atoms. The minimum absolute atomic E-state index is 0.373. The van der Waals surface area contributed by atoms with E-state index in [1.807, 2.05) is 28.9 Å². The van der Waals surface area contributed by atoms with Crippen molar-refractivity contribution in [2.75, 3.05) is 0 Å². The van der Waals surface area contributed by atoms with Crippen molar-refractivity contribution in [2.24, 2.45) is 11.7 Å². The molecule has 3 heterocycles. The molecule has 4 aromatic rings. The minimum atomic E-state index is 0.373. The molecule has 2 N–H and O–H groups in total. The van der Waals surface area contributed by atoms with E-state index < -0.39 is 0 Å². The van der Waals surface area contributed by atoms with Gasteiger partial charge in [-0.2, -0.15) is 9.94 Å². The molecule has 2 aromatic carbocycles. The van der Waals surface area contributed by atoms with Crippen LogP contribution in [0.5, 0.6) is 0 Å². The summed E-state index contributed by atoms with van der Waals surface area (Å²) in [7, 11) is 0. The molecule has 1 fully saturated rings. The van der Waals surface area contributed by atoms with E-state index in [4.69, 9.17) is 11.0 Å². The van der Waals surface area contributed by atoms with Gasteiger partial charge in [-0.05, 0) is 76.6 Å². The number of fused-ring (bicyclic) bond motifs is 5. The molecule has 152 valence electrons. The molecule has 31 heavy (non-hydrogen) atoms. The van der Waals surface area contributed by atoms with Crippen LogP contribution in [0.15, 0.2) is 54.7 Å². The van der Waals surface area contributed by atoms with E-state index in [-0.39, 0.29) is 0 Å². The Labute approximate surface area is 179 Å². The molecule has 0 spiro atoms. The second-order valence-corrected chi connectivity index (χ2v) is 8.61. The third kappa shape index (κ3) is 3.04. The highest BCUT2D eigenvalue weighted by Gasteiger charge is 2.27. The van der Waals surface area contributed by atoms with Crippen molar-refractivity contribution < 1.29 is 0 Å². The minimum Gasteiger partial charge on any atom is -0.340 e. The first-order valence-electron chi connectivity index (χ1n) is 10.5. The summed E-state index contributed by atoms with van der Waals surface area (Å²) in [6.07, 6.45) is 5.44. The number of nitrogens with zero attached hydrogens (tertiary/aromatic N) is 6. The lowest BCUT2D eigenvalue weighted by Crippen LogP contribution is -2.37. The van der Waals surface area contributed by atoms with Gasteiger partial charge in [0.25, 0.3) is 0 Å². The first kappa shape index (κ1) is 18.0. The smallest absolute Gasteiger partial charge is 0.203 e. The maximum absolute atomic E-state index is 9.07. The van der Waals surface area contributed by atoms with E-state index >= 15 is 0 Å². The van der Waals surface area contributed by atoms with Gasteiger partial charge in [-0.25, -0.2) is 0 Å². The Morgan fingerprint density at radius 3 is 2.68 bits per heavy atom. The second kappa shape index (κ2) is 6.89. The molecule has 0 atom stereocenters. The van der Waals surface area contributed by atoms with Gasteiger partial charge >= 0.3 is 0 Å². The lowest BCUT2D eigenvalue weighted by molar-refractivity contribution is 0.264. The number of hydrogen-bond donors (Lipinski definition) is 1. The highest BCUT2D eigenvalue weighted by molar-refractivity contribution is 5.71. The number of nitrogens with two attached hydrogens (primary N) is 1. The van der Waals surface area contributed by atoms with Crippen LogP contribution in [-0.2, 0) is 13.0 Å². The van der Waals surface area contributed by atoms with Gasteiger partial charge in [-0.15, -0.1) is 5.10 Å². The number of rotatable bonds is 3. The molecular formula is C24H21N7. The maximum atomic E-state index is 9.07. The molecule has 1 aliphatic heterocycles. The lowest BCUT2D eigenvalue weighted by atomic mass is 9.77. The van der Waals surface area contributed by atoms with Crippen molar-refractivity contribution in [1.82, 2.24) is 24.8 Å². The fraction of sp³-hybridized carbons (Fsp3) is 0.250. The first-order valence-corrected chi connectivity index (χ1v) is 10.5. The van der Waals surface area contributed by atoms with Crippen molar-refractivity contribution in [3.05, 3.63) is 71.4 Å². The summed E-state index contributed by atoms with van der Waals surface area (Å²) < 4.78 is 4.05. The van der Waals surface area contributed by atoms with Gasteiger partial charge in [-0.3, -0.25) is 0 Å². The molecule has 7 nitrogen and oxygen atoms in total. The van der Waals surface area contributed by atoms with Crippen molar-refractivity contribution in [1.29, 1.82) is 5.26 Å². The van der Waals surface area contributed by atoms with Crippen LogP contribution in [0.4, 0.5) is 0 Å². The molecule has 0 radical (unpaired) electrons. The molecule has 6 rings (SSSR count). The number of nitriles is 1. The average Bonchev–Trinajstić information content (AvgIpc) is 3.38. The number of hydrogen-bond acceptors (Lipinski definition) is 5. The van der Waals surface area contributed by atoms with E-state index in [1.165, 1.54) is 11.1 Å². The Bertz CT molecular complexity index is 1320. The van der Waals surface area contributed by atoms with Crippen LogP contribution < -0.4 is 5.73 Å². The predicted molar refractivity (Wildman–Crippen MR) is 116 cm³/mol. The number of benzene rings is 2. The van der Waals surface area contributed by atoms with Gasteiger partial charge in [0.1, 0.15) is 0 Å². The summed E-state index contributed by atoms with van der Waals surface area (Å²) in [5.41, 5.74) is 13.3. The van der Waals surface area contributed by atoms with Gasteiger partial charge in [-0.1, -0.05) is 24.3 Å². The zero-order valence-corrected chi connectivity index (χ0v) is 16.9. The van der Waals surface area contributed by atoms with E-state index in [0.717, 1.165) is 54.1 Å². The summed E-state index contributed by atoms with van der Waals surface area (Å²) in [6.45, 7) is 0.740. The largest absolute Gasteiger partial charge is 0.340 e. The quantitative estimate of drug-likeness (QED) is 0.495. The highest BCUT2D eigenvalue weighted by Crippen LogP contribution is 2.34. The monoisotopic (exact) mass is 407 g/mol. The SMILES string of the molecule is N#Cc1ccc(-c2cc3n(c2)Cc2cc(CC4CC(N)C4)ccc2-n2nnnc2-3)cc1. The van der Waals surface area contributed by atoms with Crippen molar-refractivity contribution >= 4 is 0 Å². The fourth-order valence-electron chi connectivity index (χ4n) is 4.80. The van der Waals surface area contributed by atoms with Crippen molar-refractivity contribution in [2.45, 2.75) is 31.8 Å². The topological polar surface area (TPSA) is 98.3 Å². The molecule has 7 heteroatoms. The summed E-state index contributed by atoms with van der Waals surface area (Å²) in [6, 6.07) is 18.9. The molecule has 0 saturated heterocycles. The maximum Gasteiger partial charge on any atom is 0.203 e. The van der Waals surface area contributed by atoms with Gasteiger partial charge in [0.15, 0.2) is 0 Å². The summed E-state index contributed by atoms with van der Waals surface area (Å²) >= 11 is 0. The van der Waals surface area contributed by atoms with Crippen LogP contribution in [0.2, 0.25) is 0 Å². The zero-order valence-electron chi connectivity index (χ0n) is 16.9. The molecular weight excluding hydrogens is 386 g/mol. The Kier molecular flexibility index (Phi) is 4.01. The normalized spacial score (nSPS) is 18.8. The van der Waals surface area contributed by atoms with E-state index in [1.54, 1.807) is 0 Å². The Hall–Kier alpha value is -3.76. The van der Waals surface area contributed by atoms with Crippen LogP contribution in [0.3, 0.4) is 0 Å². The molecule has 0 amide bonds. The van der Waals surface area contributed by atoms with Crippen LogP contribution in [0.25, 0.3) is 28.3 Å². The average molecular weight is 407 g/mol. The van der Waals surface area contributed by atoms with Gasteiger partial charge in [0.05, 0.1) is 23.0 Å². The molecule has 0 unspecified atom stereocenters. The third-order valence-corrected chi connectivity index (χ3v) is 6.45. The van der Waals surface area contributed by atoms with Crippen LogP contribution in [-0.4, -0.2) is 30.8 Å². The van der Waals surface area contributed by atoms with Gasteiger partial charge in [0.2, 0.25) is 5.82 Å².